The fraction of sp³-hybridized carbons (Fsp3) is 0.952. The predicted octanol–water partition coefficient (Wildman–Crippen LogP) is 2.54. The highest BCUT2D eigenvalue weighted by Crippen LogP contribution is 2.35. The average Bonchev–Trinajstić information content (AvgIpc) is 2.76. The van der Waals surface area contributed by atoms with Crippen LogP contribution in [0, 0.1) is 0 Å². The number of likely N-dealkylation sites (tertiary alicyclic amines) is 1. The second-order valence-electron chi connectivity index (χ2n) is 8.61. The van der Waals surface area contributed by atoms with Crippen molar-refractivity contribution >= 4 is 5.96 Å². The Balaban J connectivity index is 1.56. The topological polar surface area (TPSA) is 58.1 Å². The number of hydrogen-bond donors (Lipinski definition) is 2. The number of nitrogens with one attached hydrogen (secondary N) is 2. The lowest BCUT2D eigenvalue weighted by molar-refractivity contribution is -0.0855. The first-order valence-electron chi connectivity index (χ1n) is 11.0. The molecular weight excluding hydrogens is 340 g/mol. The number of aliphatic imine (C=N–C) groups is 1. The second-order valence-corrected chi connectivity index (χ2v) is 8.61. The molecule has 0 aromatic heterocycles. The van der Waals surface area contributed by atoms with Crippen molar-refractivity contribution in [2.75, 3.05) is 53.6 Å². The van der Waals surface area contributed by atoms with E-state index in [1.54, 1.807) is 0 Å². The van der Waals surface area contributed by atoms with Crippen molar-refractivity contribution in [3.05, 3.63) is 0 Å². The molecule has 27 heavy (non-hydrogen) atoms. The van der Waals surface area contributed by atoms with Crippen LogP contribution in [-0.2, 0) is 9.47 Å². The normalized spacial score (nSPS) is 26.5. The lowest BCUT2D eigenvalue weighted by atomic mass is 9.79. The highest BCUT2D eigenvalue weighted by molar-refractivity contribution is 5.79. The summed E-state index contributed by atoms with van der Waals surface area (Å²) in [5.41, 5.74) is 0.180. The van der Waals surface area contributed by atoms with E-state index in [4.69, 9.17) is 9.47 Å². The zero-order chi connectivity index (χ0) is 19.0. The van der Waals surface area contributed by atoms with Crippen LogP contribution in [0.25, 0.3) is 0 Å². The van der Waals surface area contributed by atoms with E-state index in [1.807, 2.05) is 14.2 Å². The Kier molecular flexibility index (Phi) is 7.79. The molecule has 2 aliphatic heterocycles. The van der Waals surface area contributed by atoms with Crippen LogP contribution in [0.15, 0.2) is 4.99 Å². The van der Waals surface area contributed by atoms with E-state index in [0.717, 1.165) is 45.1 Å². The van der Waals surface area contributed by atoms with Crippen LogP contribution in [0.3, 0.4) is 0 Å². The minimum absolute atomic E-state index is 0.134. The van der Waals surface area contributed by atoms with Crippen LogP contribution in [0.2, 0.25) is 0 Å². The third kappa shape index (κ3) is 5.36. The SMILES string of the molecule is CN=C(NCC1(OC)CCOCC1)NCC1(N2CCCCC2)CCCCC1. The molecule has 1 aliphatic carbocycles. The number of piperidine rings is 1. The molecule has 2 N–H and O–H groups in total. The van der Waals surface area contributed by atoms with Gasteiger partial charge in [0.2, 0.25) is 0 Å². The van der Waals surface area contributed by atoms with Gasteiger partial charge in [0.25, 0.3) is 0 Å². The highest BCUT2D eigenvalue weighted by Gasteiger charge is 2.38. The minimum Gasteiger partial charge on any atom is -0.381 e. The molecular formula is C21H40N4O2. The number of guanidine groups is 1. The van der Waals surface area contributed by atoms with Gasteiger partial charge in [0.05, 0.1) is 5.60 Å². The zero-order valence-electron chi connectivity index (χ0n) is 17.5. The zero-order valence-corrected chi connectivity index (χ0v) is 17.5. The van der Waals surface area contributed by atoms with E-state index in [1.165, 1.54) is 64.5 Å². The largest absolute Gasteiger partial charge is 0.381 e. The molecule has 0 spiro atoms. The number of methoxy groups -OCH3 is 1. The summed E-state index contributed by atoms with van der Waals surface area (Å²) in [6, 6.07) is 0. The summed E-state index contributed by atoms with van der Waals surface area (Å²) in [4.78, 5) is 7.27. The summed E-state index contributed by atoms with van der Waals surface area (Å²) in [7, 11) is 3.68. The lowest BCUT2D eigenvalue weighted by Gasteiger charge is -2.48. The van der Waals surface area contributed by atoms with Gasteiger partial charge in [-0.2, -0.15) is 0 Å². The minimum atomic E-state index is -0.134. The van der Waals surface area contributed by atoms with Crippen molar-refractivity contribution in [2.45, 2.75) is 75.3 Å². The molecule has 3 aliphatic rings. The Hall–Kier alpha value is -0.850. The first kappa shape index (κ1) is 20.9. The molecule has 3 fully saturated rings. The summed E-state index contributed by atoms with van der Waals surface area (Å²) >= 11 is 0. The molecule has 156 valence electrons. The molecule has 2 heterocycles. The molecule has 0 unspecified atom stereocenters. The van der Waals surface area contributed by atoms with Gasteiger partial charge in [-0.15, -0.1) is 0 Å². The van der Waals surface area contributed by atoms with E-state index in [2.05, 4.69) is 20.5 Å². The smallest absolute Gasteiger partial charge is 0.191 e. The van der Waals surface area contributed by atoms with Crippen LogP contribution >= 0.6 is 0 Å². The summed E-state index contributed by atoms with van der Waals surface area (Å²) in [5, 5.41) is 7.20. The van der Waals surface area contributed by atoms with E-state index in [9.17, 15) is 0 Å². The van der Waals surface area contributed by atoms with Gasteiger partial charge in [-0.3, -0.25) is 9.89 Å². The van der Waals surface area contributed by atoms with Gasteiger partial charge in [-0.1, -0.05) is 25.7 Å². The Morgan fingerprint density at radius 1 is 0.926 bits per heavy atom. The Morgan fingerprint density at radius 2 is 1.56 bits per heavy atom. The Labute approximate surface area is 165 Å². The molecule has 6 nitrogen and oxygen atoms in total. The summed E-state index contributed by atoms with van der Waals surface area (Å²) in [6.45, 7) is 5.86. The van der Waals surface area contributed by atoms with Crippen molar-refractivity contribution in [1.29, 1.82) is 0 Å². The van der Waals surface area contributed by atoms with Crippen LogP contribution in [-0.4, -0.2) is 75.5 Å². The fourth-order valence-corrected chi connectivity index (χ4v) is 5.09. The van der Waals surface area contributed by atoms with Gasteiger partial charge in [-0.25, -0.2) is 0 Å². The van der Waals surface area contributed by atoms with Crippen LogP contribution in [0.5, 0.6) is 0 Å². The third-order valence-corrected chi connectivity index (χ3v) is 7.03. The number of rotatable bonds is 6. The van der Waals surface area contributed by atoms with E-state index < -0.39 is 0 Å². The van der Waals surface area contributed by atoms with Crippen molar-refractivity contribution < 1.29 is 9.47 Å². The molecule has 0 aromatic rings. The monoisotopic (exact) mass is 380 g/mol. The summed E-state index contributed by atoms with van der Waals surface area (Å²) < 4.78 is 11.4. The standard InChI is InChI=1S/C21H40N4O2/c1-22-19(24-18-21(26-2)11-15-27-16-12-21)23-17-20(9-5-3-6-10-20)25-13-7-4-8-14-25/h3-18H2,1-2H3,(H2,22,23,24). The van der Waals surface area contributed by atoms with Crippen molar-refractivity contribution in [3.63, 3.8) is 0 Å². The predicted molar refractivity (Wildman–Crippen MR) is 110 cm³/mol. The maximum absolute atomic E-state index is 5.85. The Morgan fingerprint density at radius 3 is 2.19 bits per heavy atom. The maximum Gasteiger partial charge on any atom is 0.191 e. The van der Waals surface area contributed by atoms with Crippen molar-refractivity contribution in [2.24, 2.45) is 4.99 Å². The quantitative estimate of drug-likeness (QED) is 0.548. The molecule has 1 saturated carbocycles. The average molecular weight is 381 g/mol. The molecule has 0 bridgehead atoms. The molecule has 0 atom stereocenters. The number of hydrogen-bond acceptors (Lipinski definition) is 4. The Bertz CT molecular complexity index is 465. The first-order chi connectivity index (χ1) is 13.2. The fourth-order valence-electron chi connectivity index (χ4n) is 5.09. The molecule has 0 amide bonds. The van der Waals surface area contributed by atoms with Gasteiger partial charge >= 0.3 is 0 Å². The van der Waals surface area contributed by atoms with Gasteiger partial charge in [0.1, 0.15) is 0 Å². The van der Waals surface area contributed by atoms with Crippen LogP contribution < -0.4 is 10.6 Å². The van der Waals surface area contributed by atoms with Gasteiger partial charge in [-0.05, 0) is 38.8 Å². The molecule has 0 radical (unpaired) electrons. The molecule has 2 saturated heterocycles. The van der Waals surface area contributed by atoms with Crippen LogP contribution in [0.4, 0.5) is 0 Å². The maximum atomic E-state index is 5.85. The van der Waals surface area contributed by atoms with E-state index >= 15 is 0 Å². The van der Waals surface area contributed by atoms with Crippen molar-refractivity contribution in [3.8, 4) is 0 Å². The number of ether oxygens (including phenoxy) is 2. The number of nitrogens with zero attached hydrogens (tertiary/aromatic N) is 2. The van der Waals surface area contributed by atoms with E-state index in [-0.39, 0.29) is 5.60 Å². The first-order valence-corrected chi connectivity index (χ1v) is 11.0. The lowest BCUT2D eigenvalue weighted by Crippen LogP contribution is -2.59. The van der Waals surface area contributed by atoms with Gasteiger partial charge in [0.15, 0.2) is 5.96 Å². The molecule has 0 aromatic carbocycles. The van der Waals surface area contributed by atoms with Gasteiger partial charge < -0.3 is 20.1 Å². The van der Waals surface area contributed by atoms with Gasteiger partial charge in [0, 0.05) is 58.8 Å². The van der Waals surface area contributed by atoms with E-state index in [0.29, 0.717) is 5.54 Å². The molecule has 6 heteroatoms. The van der Waals surface area contributed by atoms with Crippen molar-refractivity contribution in [1.82, 2.24) is 15.5 Å². The molecule has 3 rings (SSSR count). The second kappa shape index (κ2) is 10.1. The van der Waals surface area contributed by atoms with Crippen LogP contribution in [0.1, 0.15) is 64.2 Å². The summed E-state index contributed by atoms with van der Waals surface area (Å²) in [6.07, 6.45) is 12.7. The summed E-state index contributed by atoms with van der Waals surface area (Å²) in [5.74, 6) is 0.903. The highest BCUT2D eigenvalue weighted by atomic mass is 16.5. The third-order valence-electron chi connectivity index (χ3n) is 7.03.